The average molecular weight is 290 g/mol. The SMILES string of the molecule is Fc1cc(C2CNCC(C3CC3)O2)c(Cl)cc1Cl. The van der Waals surface area contributed by atoms with Gasteiger partial charge >= 0.3 is 0 Å². The van der Waals surface area contributed by atoms with Crippen LogP contribution in [-0.4, -0.2) is 19.2 Å². The summed E-state index contributed by atoms with van der Waals surface area (Å²) >= 11 is 11.8. The fourth-order valence-corrected chi connectivity index (χ4v) is 2.88. The lowest BCUT2D eigenvalue weighted by molar-refractivity contribution is -0.0494. The van der Waals surface area contributed by atoms with Crippen molar-refractivity contribution in [2.45, 2.75) is 25.0 Å². The predicted molar refractivity (Wildman–Crippen MR) is 69.6 cm³/mol. The first-order valence-electron chi connectivity index (χ1n) is 6.16. The minimum atomic E-state index is -0.451. The Balaban J connectivity index is 1.82. The van der Waals surface area contributed by atoms with Crippen LogP contribution in [0.3, 0.4) is 0 Å². The van der Waals surface area contributed by atoms with Crippen LogP contribution in [0.25, 0.3) is 0 Å². The number of hydrogen-bond acceptors (Lipinski definition) is 2. The normalized spacial score (nSPS) is 28.4. The number of halogens is 3. The van der Waals surface area contributed by atoms with Gasteiger partial charge in [-0.05, 0) is 30.9 Å². The zero-order valence-electron chi connectivity index (χ0n) is 9.76. The van der Waals surface area contributed by atoms with Crippen molar-refractivity contribution in [2.75, 3.05) is 13.1 Å². The molecule has 2 atom stereocenters. The van der Waals surface area contributed by atoms with Gasteiger partial charge < -0.3 is 10.1 Å². The Labute approximate surface area is 115 Å². The molecule has 1 N–H and O–H groups in total. The number of hydrogen-bond donors (Lipinski definition) is 1. The van der Waals surface area contributed by atoms with E-state index in [4.69, 9.17) is 27.9 Å². The van der Waals surface area contributed by atoms with Crippen molar-refractivity contribution in [3.63, 3.8) is 0 Å². The van der Waals surface area contributed by atoms with Gasteiger partial charge in [-0.3, -0.25) is 0 Å². The molecule has 18 heavy (non-hydrogen) atoms. The molecule has 2 aliphatic rings. The Morgan fingerprint density at radius 1 is 1.17 bits per heavy atom. The highest BCUT2D eigenvalue weighted by molar-refractivity contribution is 6.35. The van der Waals surface area contributed by atoms with Gasteiger partial charge in [0.05, 0.1) is 17.2 Å². The molecule has 2 unspecified atom stereocenters. The Morgan fingerprint density at radius 2 is 1.94 bits per heavy atom. The van der Waals surface area contributed by atoms with E-state index < -0.39 is 5.82 Å². The van der Waals surface area contributed by atoms with Crippen LogP contribution in [-0.2, 0) is 4.74 Å². The Kier molecular flexibility index (Phi) is 3.50. The number of rotatable bonds is 2. The van der Waals surface area contributed by atoms with Crippen LogP contribution in [0.4, 0.5) is 4.39 Å². The number of morpholine rings is 1. The molecule has 0 amide bonds. The molecule has 1 aromatic rings. The van der Waals surface area contributed by atoms with Crippen molar-refractivity contribution >= 4 is 23.2 Å². The second kappa shape index (κ2) is 4.97. The minimum Gasteiger partial charge on any atom is -0.367 e. The van der Waals surface area contributed by atoms with Crippen LogP contribution in [0.2, 0.25) is 10.0 Å². The zero-order valence-corrected chi connectivity index (χ0v) is 11.3. The zero-order chi connectivity index (χ0) is 12.7. The summed E-state index contributed by atoms with van der Waals surface area (Å²) in [6.45, 7) is 1.53. The van der Waals surface area contributed by atoms with Gasteiger partial charge in [0, 0.05) is 23.7 Å². The molecule has 1 heterocycles. The van der Waals surface area contributed by atoms with Gasteiger partial charge in [-0.2, -0.15) is 0 Å². The van der Waals surface area contributed by atoms with Crippen LogP contribution in [0.15, 0.2) is 12.1 Å². The van der Waals surface area contributed by atoms with E-state index in [1.807, 2.05) is 0 Å². The third-order valence-corrected chi connectivity index (χ3v) is 4.17. The van der Waals surface area contributed by atoms with Crippen molar-refractivity contribution in [2.24, 2.45) is 5.92 Å². The summed E-state index contributed by atoms with van der Waals surface area (Å²) in [6.07, 6.45) is 2.48. The molecule has 2 nitrogen and oxygen atoms in total. The molecular formula is C13H14Cl2FNO. The molecule has 0 radical (unpaired) electrons. The first-order chi connectivity index (χ1) is 8.65. The molecule has 1 aliphatic heterocycles. The molecule has 2 fully saturated rings. The van der Waals surface area contributed by atoms with E-state index in [1.54, 1.807) is 0 Å². The lowest BCUT2D eigenvalue weighted by Gasteiger charge is -2.31. The fraction of sp³-hybridized carbons (Fsp3) is 0.538. The van der Waals surface area contributed by atoms with Crippen LogP contribution in [0.5, 0.6) is 0 Å². The molecule has 1 saturated carbocycles. The van der Waals surface area contributed by atoms with E-state index >= 15 is 0 Å². The third-order valence-electron chi connectivity index (χ3n) is 3.55. The molecule has 1 saturated heterocycles. The second-order valence-corrected chi connectivity index (χ2v) is 5.76. The predicted octanol–water partition coefficient (Wildman–Crippen LogP) is 3.57. The summed E-state index contributed by atoms with van der Waals surface area (Å²) in [7, 11) is 0. The lowest BCUT2D eigenvalue weighted by atomic mass is 10.1. The molecule has 0 spiro atoms. The summed E-state index contributed by atoms with van der Waals surface area (Å²) in [5.41, 5.74) is 0.677. The number of nitrogens with one attached hydrogen (secondary N) is 1. The van der Waals surface area contributed by atoms with Crippen molar-refractivity contribution in [1.29, 1.82) is 0 Å². The lowest BCUT2D eigenvalue weighted by Crippen LogP contribution is -2.41. The molecular weight excluding hydrogens is 276 g/mol. The van der Waals surface area contributed by atoms with Crippen molar-refractivity contribution in [3.8, 4) is 0 Å². The smallest absolute Gasteiger partial charge is 0.142 e. The van der Waals surface area contributed by atoms with E-state index in [9.17, 15) is 4.39 Å². The van der Waals surface area contributed by atoms with E-state index in [-0.39, 0.29) is 17.2 Å². The van der Waals surface area contributed by atoms with E-state index in [0.29, 0.717) is 23.0 Å². The molecule has 1 aliphatic carbocycles. The van der Waals surface area contributed by atoms with Gasteiger partial charge in [-0.15, -0.1) is 0 Å². The van der Waals surface area contributed by atoms with Crippen molar-refractivity contribution < 1.29 is 9.13 Å². The first kappa shape index (κ1) is 12.7. The quantitative estimate of drug-likeness (QED) is 0.841. The van der Waals surface area contributed by atoms with Gasteiger partial charge in [-0.1, -0.05) is 23.2 Å². The van der Waals surface area contributed by atoms with Gasteiger partial charge in [0.1, 0.15) is 5.82 Å². The van der Waals surface area contributed by atoms with Gasteiger partial charge in [0.15, 0.2) is 0 Å². The maximum absolute atomic E-state index is 13.5. The van der Waals surface area contributed by atoms with Gasteiger partial charge in [0.25, 0.3) is 0 Å². The molecule has 3 rings (SSSR count). The largest absolute Gasteiger partial charge is 0.367 e. The van der Waals surface area contributed by atoms with Gasteiger partial charge in [-0.25, -0.2) is 4.39 Å². The summed E-state index contributed by atoms with van der Waals surface area (Å²) < 4.78 is 19.5. The summed E-state index contributed by atoms with van der Waals surface area (Å²) in [5, 5.41) is 3.84. The van der Waals surface area contributed by atoms with E-state index in [1.165, 1.54) is 25.0 Å². The highest BCUT2D eigenvalue weighted by atomic mass is 35.5. The summed E-state index contributed by atoms with van der Waals surface area (Å²) in [6, 6.07) is 2.82. The maximum atomic E-state index is 13.5. The maximum Gasteiger partial charge on any atom is 0.142 e. The monoisotopic (exact) mass is 289 g/mol. The highest BCUT2D eigenvalue weighted by Gasteiger charge is 2.36. The molecule has 5 heteroatoms. The standard InChI is InChI=1S/C13H14Cl2FNO/c14-9-4-10(15)11(16)3-8(9)13-6-17-5-12(18-13)7-1-2-7/h3-4,7,12-13,17H,1-2,5-6H2. The summed E-state index contributed by atoms with van der Waals surface area (Å²) in [4.78, 5) is 0. The van der Waals surface area contributed by atoms with E-state index in [0.717, 1.165) is 6.54 Å². The molecule has 0 aromatic heterocycles. The van der Waals surface area contributed by atoms with Gasteiger partial charge in [0.2, 0.25) is 0 Å². The molecule has 1 aromatic carbocycles. The summed E-state index contributed by atoms with van der Waals surface area (Å²) in [5.74, 6) is 0.199. The Morgan fingerprint density at radius 3 is 2.67 bits per heavy atom. The minimum absolute atomic E-state index is 0.0475. The first-order valence-corrected chi connectivity index (χ1v) is 6.91. The topological polar surface area (TPSA) is 21.3 Å². The van der Waals surface area contributed by atoms with E-state index in [2.05, 4.69) is 5.32 Å². The van der Waals surface area contributed by atoms with Crippen molar-refractivity contribution in [3.05, 3.63) is 33.6 Å². The number of ether oxygens (including phenoxy) is 1. The Hall–Kier alpha value is -0.350. The van der Waals surface area contributed by atoms with Crippen LogP contribution in [0.1, 0.15) is 24.5 Å². The van der Waals surface area contributed by atoms with Crippen molar-refractivity contribution in [1.82, 2.24) is 5.32 Å². The Bertz CT molecular complexity index is 465. The fourth-order valence-electron chi connectivity index (χ4n) is 2.38. The molecule has 0 bridgehead atoms. The highest BCUT2D eigenvalue weighted by Crippen LogP contribution is 2.39. The third kappa shape index (κ3) is 2.50. The van der Waals surface area contributed by atoms with Crippen LogP contribution in [0, 0.1) is 11.7 Å². The van der Waals surface area contributed by atoms with Crippen LogP contribution < -0.4 is 5.32 Å². The van der Waals surface area contributed by atoms with Crippen LogP contribution >= 0.6 is 23.2 Å². The molecule has 98 valence electrons. The number of benzene rings is 1. The average Bonchev–Trinajstić information content (AvgIpc) is 3.18. The second-order valence-electron chi connectivity index (χ2n) is 4.95.